The fourth-order valence-electron chi connectivity index (χ4n) is 3.69. The molecule has 0 spiro atoms. The Balaban J connectivity index is 1.40. The van der Waals surface area contributed by atoms with Crippen molar-refractivity contribution in [3.63, 3.8) is 0 Å². The number of rotatable bonds is 6. The number of ether oxygens (including phenoxy) is 1. The minimum atomic E-state index is 0.344. The van der Waals surface area contributed by atoms with Crippen LogP contribution in [-0.4, -0.2) is 85.6 Å². The number of hydrogen-bond acceptors (Lipinski definition) is 5. The molecule has 2 saturated heterocycles. The van der Waals surface area contributed by atoms with E-state index in [2.05, 4.69) is 40.0 Å². The fourth-order valence-corrected chi connectivity index (χ4v) is 3.97. The maximum absolute atomic E-state index is 5.62. The summed E-state index contributed by atoms with van der Waals surface area (Å²) in [4.78, 5) is 15.6. The largest absolute Gasteiger partial charge is 0.370 e. The van der Waals surface area contributed by atoms with E-state index in [4.69, 9.17) is 21.9 Å². The Labute approximate surface area is 174 Å². The fraction of sp³-hybridized carbons (Fsp3) is 0.750. The van der Waals surface area contributed by atoms with Crippen molar-refractivity contribution in [1.82, 2.24) is 20.2 Å². The van der Waals surface area contributed by atoms with Gasteiger partial charge < -0.3 is 24.8 Å². The molecule has 156 valence electrons. The summed E-state index contributed by atoms with van der Waals surface area (Å²) in [5, 5.41) is 4.34. The monoisotopic (exact) mass is 407 g/mol. The van der Waals surface area contributed by atoms with Crippen molar-refractivity contribution in [3.8, 4) is 0 Å². The highest BCUT2D eigenvalue weighted by Gasteiger charge is 2.21. The minimum Gasteiger partial charge on any atom is -0.370 e. The number of morpholine rings is 1. The molecule has 0 aliphatic carbocycles. The summed E-state index contributed by atoms with van der Waals surface area (Å²) >= 11 is 5.62. The van der Waals surface area contributed by atoms with Gasteiger partial charge in [-0.25, -0.2) is 9.97 Å². The molecule has 2 aliphatic rings. The highest BCUT2D eigenvalue weighted by molar-refractivity contribution is 7.80. The number of piperazine rings is 1. The van der Waals surface area contributed by atoms with Crippen molar-refractivity contribution in [3.05, 3.63) is 17.6 Å². The van der Waals surface area contributed by atoms with Crippen LogP contribution < -0.4 is 15.1 Å². The van der Waals surface area contributed by atoms with Crippen LogP contribution in [0.4, 0.5) is 5.82 Å². The zero-order chi connectivity index (χ0) is 19.9. The first-order valence-electron chi connectivity index (χ1n) is 10.6. The normalized spacial score (nSPS) is 18.6. The molecule has 0 saturated carbocycles. The maximum Gasteiger partial charge on any atom is 0.169 e. The minimum absolute atomic E-state index is 0.344. The summed E-state index contributed by atoms with van der Waals surface area (Å²) in [6.07, 6.45) is 1.15. The van der Waals surface area contributed by atoms with Gasteiger partial charge in [0, 0.05) is 56.8 Å². The van der Waals surface area contributed by atoms with Crippen molar-refractivity contribution >= 4 is 23.1 Å². The second-order valence-electron chi connectivity index (χ2n) is 8.05. The lowest BCUT2D eigenvalue weighted by Gasteiger charge is -2.37. The number of nitrogens with one attached hydrogen (secondary N) is 2. The van der Waals surface area contributed by atoms with E-state index in [0.29, 0.717) is 5.92 Å². The van der Waals surface area contributed by atoms with Crippen LogP contribution in [0.15, 0.2) is 6.07 Å². The Kier molecular flexibility index (Phi) is 7.82. The summed E-state index contributed by atoms with van der Waals surface area (Å²) in [6.45, 7) is 16.3. The lowest BCUT2D eigenvalue weighted by Crippen LogP contribution is -3.14. The predicted octanol–water partition coefficient (Wildman–Crippen LogP) is 0.210. The molecule has 8 heteroatoms. The third kappa shape index (κ3) is 5.99. The predicted molar refractivity (Wildman–Crippen MR) is 116 cm³/mol. The van der Waals surface area contributed by atoms with Gasteiger partial charge in [-0.15, -0.1) is 0 Å². The van der Waals surface area contributed by atoms with Crippen molar-refractivity contribution in [2.75, 3.05) is 70.5 Å². The highest BCUT2D eigenvalue weighted by atomic mass is 32.1. The molecule has 0 unspecified atom stereocenters. The van der Waals surface area contributed by atoms with Gasteiger partial charge >= 0.3 is 0 Å². The van der Waals surface area contributed by atoms with E-state index in [9.17, 15) is 0 Å². The average molecular weight is 408 g/mol. The zero-order valence-corrected chi connectivity index (χ0v) is 18.4. The lowest BCUT2D eigenvalue weighted by atomic mass is 10.2. The van der Waals surface area contributed by atoms with E-state index in [1.54, 1.807) is 4.90 Å². The average Bonchev–Trinajstić information content (AvgIpc) is 2.71. The van der Waals surface area contributed by atoms with Gasteiger partial charge in [0.1, 0.15) is 24.7 Å². The van der Waals surface area contributed by atoms with Crippen molar-refractivity contribution in [2.24, 2.45) is 0 Å². The maximum atomic E-state index is 5.62. The third-order valence-corrected chi connectivity index (χ3v) is 5.85. The molecule has 1 aromatic rings. The standard InChI is InChI=1S/C20H34N6OS/c1-16(2)19-22-17(3)15-18(23-19)25-7-9-26(10-8-25)20(28)21-5-4-6-24-11-13-27-14-12-24/h15-16H,4-14H2,1-3H3,(H,21,28)/p+1. The topological polar surface area (TPSA) is 58.0 Å². The molecular weight excluding hydrogens is 372 g/mol. The van der Waals surface area contributed by atoms with Gasteiger partial charge in [0.2, 0.25) is 0 Å². The molecule has 3 rings (SSSR count). The van der Waals surface area contributed by atoms with Gasteiger partial charge in [-0.2, -0.15) is 0 Å². The quantitative estimate of drug-likeness (QED) is 0.516. The van der Waals surface area contributed by atoms with Crippen molar-refractivity contribution < 1.29 is 9.64 Å². The first-order valence-corrected chi connectivity index (χ1v) is 11.0. The second kappa shape index (κ2) is 10.3. The number of nitrogens with zero attached hydrogens (tertiary/aromatic N) is 4. The van der Waals surface area contributed by atoms with Crippen LogP contribution in [-0.2, 0) is 4.74 Å². The Hall–Kier alpha value is -1.51. The van der Waals surface area contributed by atoms with Gasteiger partial charge in [0.25, 0.3) is 0 Å². The van der Waals surface area contributed by atoms with Gasteiger partial charge in [-0.05, 0) is 19.1 Å². The van der Waals surface area contributed by atoms with E-state index in [0.717, 1.165) is 87.9 Å². The Morgan fingerprint density at radius 2 is 1.93 bits per heavy atom. The summed E-state index contributed by atoms with van der Waals surface area (Å²) in [7, 11) is 0. The molecule has 2 aliphatic heterocycles. The second-order valence-corrected chi connectivity index (χ2v) is 8.44. The molecule has 28 heavy (non-hydrogen) atoms. The van der Waals surface area contributed by atoms with Crippen LogP contribution in [0.25, 0.3) is 0 Å². The SMILES string of the molecule is Cc1cc(N2CCN(C(=S)NCCC[NH+]3CCOCC3)CC2)nc(C(C)C)n1. The summed E-state index contributed by atoms with van der Waals surface area (Å²) in [5.41, 5.74) is 1.04. The summed E-state index contributed by atoms with van der Waals surface area (Å²) < 4.78 is 5.41. The van der Waals surface area contributed by atoms with Crippen molar-refractivity contribution in [2.45, 2.75) is 33.1 Å². The van der Waals surface area contributed by atoms with Gasteiger partial charge in [-0.3, -0.25) is 0 Å². The molecule has 0 radical (unpaired) electrons. The van der Waals surface area contributed by atoms with Gasteiger partial charge in [0.05, 0.1) is 19.8 Å². The van der Waals surface area contributed by atoms with E-state index in [1.807, 2.05) is 6.92 Å². The first-order chi connectivity index (χ1) is 13.5. The number of hydrogen-bond donors (Lipinski definition) is 2. The Morgan fingerprint density at radius 3 is 2.61 bits per heavy atom. The molecule has 0 bridgehead atoms. The third-order valence-electron chi connectivity index (χ3n) is 5.45. The van der Waals surface area contributed by atoms with Crippen LogP contribution >= 0.6 is 12.2 Å². The van der Waals surface area contributed by atoms with Crippen LogP contribution in [0.1, 0.15) is 37.7 Å². The van der Waals surface area contributed by atoms with Crippen LogP contribution in [0, 0.1) is 6.92 Å². The number of aromatic nitrogens is 2. The van der Waals surface area contributed by atoms with E-state index in [-0.39, 0.29) is 0 Å². The Bertz CT molecular complexity index is 642. The van der Waals surface area contributed by atoms with Gasteiger partial charge in [0.15, 0.2) is 5.11 Å². The number of thiocarbonyl (C=S) groups is 1. The molecule has 0 atom stereocenters. The van der Waals surface area contributed by atoms with Crippen LogP contribution in [0.3, 0.4) is 0 Å². The summed E-state index contributed by atoms with van der Waals surface area (Å²) in [5.74, 6) is 2.32. The number of anilines is 1. The Morgan fingerprint density at radius 1 is 1.21 bits per heavy atom. The zero-order valence-electron chi connectivity index (χ0n) is 17.5. The molecule has 0 amide bonds. The molecule has 1 aromatic heterocycles. The van der Waals surface area contributed by atoms with Crippen LogP contribution in [0.5, 0.6) is 0 Å². The van der Waals surface area contributed by atoms with E-state index >= 15 is 0 Å². The van der Waals surface area contributed by atoms with E-state index in [1.165, 1.54) is 6.54 Å². The molecular formula is C20H35N6OS+. The lowest BCUT2D eigenvalue weighted by molar-refractivity contribution is -0.908. The smallest absolute Gasteiger partial charge is 0.169 e. The number of aryl methyl sites for hydroxylation is 1. The first kappa shape index (κ1) is 21.2. The number of quaternary nitrogens is 1. The molecule has 7 nitrogen and oxygen atoms in total. The van der Waals surface area contributed by atoms with Crippen LogP contribution in [0.2, 0.25) is 0 Å². The molecule has 2 N–H and O–H groups in total. The van der Waals surface area contributed by atoms with Crippen molar-refractivity contribution in [1.29, 1.82) is 0 Å². The summed E-state index contributed by atoms with van der Waals surface area (Å²) in [6, 6.07) is 2.09. The molecule has 3 heterocycles. The molecule has 0 aromatic carbocycles. The van der Waals surface area contributed by atoms with Gasteiger partial charge in [-0.1, -0.05) is 13.8 Å². The highest BCUT2D eigenvalue weighted by Crippen LogP contribution is 2.18. The van der Waals surface area contributed by atoms with E-state index < -0.39 is 0 Å². The molecule has 2 fully saturated rings.